The lowest BCUT2D eigenvalue weighted by molar-refractivity contribution is -0.124. The third-order valence-electron chi connectivity index (χ3n) is 5.08. The number of halogens is 1. The number of fused-ring (bicyclic) bond motifs is 1. The number of carbonyl (C=O) groups excluding carboxylic acids is 2. The number of nitrogens with zero attached hydrogens (tertiary/aromatic N) is 1. The normalized spacial score (nSPS) is 10.6. The first kappa shape index (κ1) is 22.5. The van der Waals surface area contributed by atoms with Crippen molar-refractivity contribution < 1.29 is 19.1 Å². The average molecular weight is 505 g/mol. The quantitative estimate of drug-likeness (QED) is 0.352. The lowest BCUT2D eigenvalue weighted by atomic mass is 10.0. The van der Waals surface area contributed by atoms with Gasteiger partial charge in [-0.2, -0.15) is 0 Å². The third-order valence-corrected chi connectivity index (χ3v) is 5.61. The molecule has 0 fully saturated rings. The molecule has 3 aromatic carbocycles. The molecule has 0 aliphatic carbocycles. The maximum Gasteiger partial charge on any atom is 0.339 e. The highest BCUT2D eigenvalue weighted by atomic mass is 79.9. The van der Waals surface area contributed by atoms with Crippen molar-refractivity contribution in [1.29, 1.82) is 0 Å². The molecular weight excluding hydrogens is 484 g/mol. The van der Waals surface area contributed by atoms with E-state index in [2.05, 4.69) is 26.2 Å². The first-order valence-electron chi connectivity index (χ1n) is 10.3. The summed E-state index contributed by atoms with van der Waals surface area (Å²) in [5, 5.41) is 3.41. The van der Waals surface area contributed by atoms with Crippen molar-refractivity contribution >= 4 is 38.7 Å². The van der Waals surface area contributed by atoms with Crippen LogP contribution in [-0.2, 0) is 16.1 Å². The summed E-state index contributed by atoms with van der Waals surface area (Å²) in [6.45, 7) is -0.120. The van der Waals surface area contributed by atoms with E-state index in [9.17, 15) is 9.59 Å². The Kier molecular flexibility index (Phi) is 7.00. The fourth-order valence-electron chi connectivity index (χ4n) is 3.42. The molecule has 0 saturated heterocycles. The molecule has 0 bridgehead atoms. The van der Waals surface area contributed by atoms with Crippen molar-refractivity contribution in [1.82, 2.24) is 10.3 Å². The van der Waals surface area contributed by atoms with Gasteiger partial charge in [-0.15, -0.1) is 0 Å². The van der Waals surface area contributed by atoms with Gasteiger partial charge in [0.2, 0.25) is 0 Å². The molecule has 0 unspecified atom stereocenters. The van der Waals surface area contributed by atoms with Gasteiger partial charge in [0.05, 0.1) is 23.9 Å². The van der Waals surface area contributed by atoms with Crippen molar-refractivity contribution in [3.63, 3.8) is 0 Å². The van der Waals surface area contributed by atoms with E-state index in [1.807, 2.05) is 72.8 Å². The molecule has 1 heterocycles. The van der Waals surface area contributed by atoms with Gasteiger partial charge in [-0.1, -0.05) is 64.5 Å². The molecule has 0 radical (unpaired) electrons. The molecule has 6 nitrogen and oxygen atoms in total. The number of para-hydroxylation sites is 2. The third kappa shape index (κ3) is 5.38. The minimum Gasteiger partial charge on any atom is -0.496 e. The summed E-state index contributed by atoms with van der Waals surface area (Å²) >= 11 is 3.43. The van der Waals surface area contributed by atoms with Crippen LogP contribution in [0.2, 0.25) is 0 Å². The van der Waals surface area contributed by atoms with Crippen molar-refractivity contribution in [2.45, 2.75) is 6.54 Å². The second-order valence-electron chi connectivity index (χ2n) is 7.24. The molecule has 166 valence electrons. The number of ether oxygens (including phenoxy) is 2. The Morgan fingerprint density at radius 2 is 1.70 bits per heavy atom. The van der Waals surface area contributed by atoms with Gasteiger partial charge in [0.25, 0.3) is 5.91 Å². The molecule has 0 saturated carbocycles. The molecule has 33 heavy (non-hydrogen) atoms. The summed E-state index contributed by atoms with van der Waals surface area (Å²) in [6.07, 6.45) is 0. The lowest BCUT2D eigenvalue weighted by Gasteiger charge is -2.11. The Bertz CT molecular complexity index is 1310. The second-order valence-corrected chi connectivity index (χ2v) is 8.16. The van der Waals surface area contributed by atoms with Crippen LogP contribution in [0, 0.1) is 0 Å². The first-order chi connectivity index (χ1) is 16.0. The van der Waals surface area contributed by atoms with Crippen molar-refractivity contribution in [3.05, 3.63) is 94.5 Å². The number of aromatic nitrogens is 1. The van der Waals surface area contributed by atoms with E-state index in [1.54, 1.807) is 13.2 Å². The minimum absolute atomic E-state index is 0.270. The zero-order valence-electron chi connectivity index (χ0n) is 17.9. The van der Waals surface area contributed by atoms with E-state index in [4.69, 9.17) is 9.47 Å². The summed E-state index contributed by atoms with van der Waals surface area (Å²) in [5.74, 6) is -0.307. The summed E-state index contributed by atoms with van der Waals surface area (Å²) in [5.41, 5.74) is 3.38. The van der Waals surface area contributed by atoms with Crippen LogP contribution in [0.1, 0.15) is 15.9 Å². The van der Waals surface area contributed by atoms with Crippen LogP contribution >= 0.6 is 15.9 Å². The minimum atomic E-state index is -0.584. The molecule has 1 amide bonds. The van der Waals surface area contributed by atoms with E-state index in [0.717, 1.165) is 15.6 Å². The highest BCUT2D eigenvalue weighted by Crippen LogP contribution is 2.26. The highest BCUT2D eigenvalue weighted by Gasteiger charge is 2.17. The molecule has 4 rings (SSSR count). The van der Waals surface area contributed by atoms with Gasteiger partial charge >= 0.3 is 5.97 Å². The number of amides is 1. The predicted octanol–water partition coefficient (Wildman–Crippen LogP) is 5.15. The zero-order valence-corrected chi connectivity index (χ0v) is 19.5. The first-order valence-corrected chi connectivity index (χ1v) is 11.1. The largest absolute Gasteiger partial charge is 0.496 e. The molecule has 7 heteroatoms. The van der Waals surface area contributed by atoms with Gasteiger partial charge in [0, 0.05) is 27.5 Å². The van der Waals surface area contributed by atoms with Crippen LogP contribution in [0.3, 0.4) is 0 Å². The molecule has 1 aromatic heterocycles. The SMILES string of the molecule is COc1ccccc1CNC(=O)COC(=O)c1cc(-c2ccc(Br)cc2)nc2ccccc12. The van der Waals surface area contributed by atoms with Crippen molar-refractivity contribution in [2.75, 3.05) is 13.7 Å². The maximum atomic E-state index is 12.9. The number of benzene rings is 3. The second kappa shape index (κ2) is 10.3. The number of methoxy groups -OCH3 is 1. The van der Waals surface area contributed by atoms with Crippen LogP contribution in [0.4, 0.5) is 0 Å². The van der Waals surface area contributed by atoms with Crippen LogP contribution in [0.5, 0.6) is 5.75 Å². The standard InChI is InChI=1S/C26H21BrN2O4/c1-32-24-9-5-2-6-18(24)15-28-25(30)16-33-26(31)21-14-23(17-10-12-19(27)13-11-17)29-22-8-4-3-7-20(21)22/h2-14H,15-16H2,1H3,(H,28,30). The molecule has 0 aliphatic rings. The lowest BCUT2D eigenvalue weighted by Crippen LogP contribution is -2.28. The summed E-state index contributed by atoms with van der Waals surface area (Å²) < 4.78 is 11.6. The van der Waals surface area contributed by atoms with Crippen LogP contribution in [0.25, 0.3) is 22.2 Å². The van der Waals surface area contributed by atoms with Gasteiger partial charge < -0.3 is 14.8 Å². The van der Waals surface area contributed by atoms with Crippen LogP contribution in [-0.4, -0.2) is 30.6 Å². The number of carbonyl (C=O) groups is 2. The fraction of sp³-hybridized carbons (Fsp3) is 0.115. The van der Waals surface area contributed by atoms with E-state index in [-0.39, 0.29) is 6.54 Å². The van der Waals surface area contributed by atoms with Gasteiger partial charge in [-0.05, 0) is 30.3 Å². The van der Waals surface area contributed by atoms with E-state index in [0.29, 0.717) is 27.9 Å². The number of pyridine rings is 1. The summed E-state index contributed by atoms with van der Waals surface area (Å²) in [7, 11) is 1.57. The predicted molar refractivity (Wildman–Crippen MR) is 130 cm³/mol. The number of nitrogens with one attached hydrogen (secondary N) is 1. The topological polar surface area (TPSA) is 77.5 Å². The van der Waals surface area contributed by atoms with E-state index in [1.165, 1.54) is 0 Å². The number of rotatable bonds is 7. The molecule has 0 spiro atoms. The van der Waals surface area contributed by atoms with E-state index >= 15 is 0 Å². The molecule has 4 aromatic rings. The summed E-state index contributed by atoms with van der Waals surface area (Å²) in [4.78, 5) is 29.9. The average Bonchev–Trinajstić information content (AvgIpc) is 2.86. The molecular formula is C26H21BrN2O4. The Balaban J connectivity index is 1.49. The summed E-state index contributed by atoms with van der Waals surface area (Å²) in [6, 6.07) is 24.1. The highest BCUT2D eigenvalue weighted by molar-refractivity contribution is 9.10. The smallest absolute Gasteiger partial charge is 0.339 e. The van der Waals surface area contributed by atoms with Gasteiger partial charge in [-0.25, -0.2) is 9.78 Å². The monoisotopic (exact) mass is 504 g/mol. The van der Waals surface area contributed by atoms with Gasteiger partial charge in [0.15, 0.2) is 6.61 Å². The number of hydrogen-bond acceptors (Lipinski definition) is 5. The molecule has 0 aliphatic heterocycles. The van der Waals surface area contributed by atoms with Crippen molar-refractivity contribution in [2.24, 2.45) is 0 Å². The van der Waals surface area contributed by atoms with Crippen LogP contribution in [0.15, 0.2) is 83.3 Å². The molecule has 0 atom stereocenters. The van der Waals surface area contributed by atoms with Crippen molar-refractivity contribution in [3.8, 4) is 17.0 Å². The zero-order chi connectivity index (χ0) is 23.2. The Hall–Kier alpha value is -3.71. The van der Waals surface area contributed by atoms with Crippen LogP contribution < -0.4 is 10.1 Å². The Morgan fingerprint density at radius 3 is 2.48 bits per heavy atom. The Morgan fingerprint density at radius 1 is 0.970 bits per heavy atom. The van der Waals surface area contributed by atoms with Gasteiger partial charge in [-0.3, -0.25) is 4.79 Å². The fourth-order valence-corrected chi connectivity index (χ4v) is 3.68. The molecule has 1 N–H and O–H groups in total. The maximum absolute atomic E-state index is 12.9. The number of hydrogen-bond donors (Lipinski definition) is 1. The van der Waals surface area contributed by atoms with Gasteiger partial charge in [0.1, 0.15) is 5.75 Å². The number of esters is 1. The Labute approximate surface area is 199 Å². The van der Waals surface area contributed by atoms with E-state index < -0.39 is 18.5 Å².